The van der Waals surface area contributed by atoms with E-state index in [1.807, 2.05) is 48.5 Å². The van der Waals surface area contributed by atoms with Crippen LogP contribution in [0.2, 0.25) is 0 Å². The summed E-state index contributed by atoms with van der Waals surface area (Å²) >= 11 is 1.75. The minimum Gasteiger partial charge on any atom is -0.352 e. The molecule has 2 amide bonds. The van der Waals surface area contributed by atoms with Crippen LogP contribution in [0, 0.1) is 6.92 Å². The molecule has 2 unspecified atom stereocenters. The first kappa shape index (κ1) is 25.3. The summed E-state index contributed by atoms with van der Waals surface area (Å²) < 4.78 is 0. The summed E-state index contributed by atoms with van der Waals surface area (Å²) in [5, 5.41) is 3.44. The van der Waals surface area contributed by atoms with Crippen molar-refractivity contribution in [2.45, 2.75) is 56.9 Å². The van der Waals surface area contributed by atoms with Gasteiger partial charge in [-0.15, -0.1) is 11.8 Å². The average molecular weight is 511 g/mol. The summed E-state index contributed by atoms with van der Waals surface area (Å²) in [4.78, 5) is 29.2. The van der Waals surface area contributed by atoms with Crippen LogP contribution in [0.25, 0.3) is 6.08 Å². The normalized spacial score (nSPS) is 20.5. The molecule has 3 aromatic rings. The van der Waals surface area contributed by atoms with Crippen LogP contribution in [0.15, 0.2) is 83.8 Å². The number of thioether (sulfide) groups is 1. The van der Waals surface area contributed by atoms with Crippen LogP contribution in [0.1, 0.15) is 58.3 Å². The van der Waals surface area contributed by atoms with Crippen molar-refractivity contribution in [3.8, 4) is 0 Å². The largest absolute Gasteiger partial charge is 0.352 e. The van der Waals surface area contributed by atoms with Crippen LogP contribution >= 0.6 is 11.8 Å². The van der Waals surface area contributed by atoms with Gasteiger partial charge in [0.1, 0.15) is 0 Å². The second-order valence-corrected chi connectivity index (χ2v) is 11.3. The van der Waals surface area contributed by atoms with Crippen molar-refractivity contribution in [3.05, 3.63) is 112 Å². The lowest BCUT2D eigenvalue weighted by Crippen LogP contribution is -2.50. The topological polar surface area (TPSA) is 49.4 Å². The minimum atomic E-state index is -0.0763. The summed E-state index contributed by atoms with van der Waals surface area (Å²) in [5.41, 5.74) is 5.19. The van der Waals surface area contributed by atoms with Crippen molar-refractivity contribution in [1.82, 2.24) is 10.2 Å². The van der Waals surface area contributed by atoms with Crippen LogP contribution < -0.4 is 5.32 Å². The van der Waals surface area contributed by atoms with Gasteiger partial charge in [0.2, 0.25) is 0 Å². The number of amides is 2. The molecule has 2 aliphatic rings. The number of fused-ring (bicyclic) bond motifs is 1. The lowest BCUT2D eigenvalue weighted by Gasteiger charge is -2.44. The van der Waals surface area contributed by atoms with Gasteiger partial charge in [-0.2, -0.15) is 0 Å². The van der Waals surface area contributed by atoms with E-state index < -0.39 is 0 Å². The fourth-order valence-electron chi connectivity index (χ4n) is 5.32. The van der Waals surface area contributed by atoms with E-state index in [1.54, 1.807) is 11.8 Å². The van der Waals surface area contributed by atoms with E-state index in [2.05, 4.69) is 53.5 Å². The quantitative estimate of drug-likeness (QED) is 0.375. The Labute approximate surface area is 224 Å². The van der Waals surface area contributed by atoms with Gasteiger partial charge >= 0.3 is 0 Å². The number of aryl methyl sites for hydroxylation is 1. The highest BCUT2D eigenvalue weighted by molar-refractivity contribution is 8.04. The molecule has 0 bridgehead atoms. The molecule has 4 nitrogen and oxygen atoms in total. The van der Waals surface area contributed by atoms with Crippen molar-refractivity contribution in [2.75, 3.05) is 6.54 Å². The fourth-order valence-corrected chi connectivity index (χ4v) is 6.79. The Morgan fingerprint density at radius 2 is 1.73 bits per heavy atom. The molecule has 1 saturated carbocycles. The first-order chi connectivity index (χ1) is 18.1. The second-order valence-electron chi connectivity index (χ2n) is 10.1. The Hall–Kier alpha value is -3.31. The third-order valence-corrected chi connectivity index (χ3v) is 8.67. The molecule has 0 radical (unpaired) electrons. The smallest absolute Gasteiger partial charge is 0.260 e. The minimum absolute atomic E-state index is 0.0763. The molecule has 2 atom stereocenters. The van der Waals surface area contributed by atoms with E-state index in [9.17, 15) is 9.59 Å². The monoisotopic (exact) mass is 510 g/mol. The highest BCUT2D eigenvalue weighted by Crippen LogP contribution is 2.42. The SMILES string of the molecule is Cc1cccc(CN2C(=O)/C(=C\c3ccc(C(=O)NCCc4ccccc4)cc3)SC3CCCCC32)c1. The predicted octanol–water partition coefficient (Wildman–Crippen LogP) is 6.40. The fraction of sp³-hybridized carbons (Fsp3) is 0.312. The van der Waals surface area contributed by atoms with Crippen LogP contribution in [0.3, 0.4) is 0 Å². The van der Waals surface area contributed by atoms with Gasteiger partial charge in [0.05, 0.1) is 4.91 Å². The highest BCUT2D eigenvalue weighted by atomic mass is 32.2. The molecule has 1 N–H and O–H groups in total. The Morgan fingerprint density at radius 3 is 2.51 bits per heavy atom. The number of rotatable bonds is 7. The second kappa shape index (κ2) is 11.8. The highest BCUT2D eigenvalue weighted by Gasteiger charge is 2.40. The Balaban J connectivity index is 1.27. The molecule has 0 spiro atoms. The maximum Gasteiger partial charge on any atom is 0.260 e. The molecule has 1 heterocycles. The molecule has 3 aromatic carbocycles. The Bertz CT molecular complexity index is 1270. The number of carbonyl (C=O) groups excluding carboxylic acids is 2. The van der Waals surface area contributed by atoms with Crippen LogP contribution in [-0.2, 0) is 17.8 Å². The van der Waals surface area contributed by atoms with Crippen LogP contribution in [0.5, 0.6) is 0 Å². The summed E-state index contributed by atoms with van der Waals surface area (Å²) in [6.07, 6.45) is 7.44. The molecule has 190 valence electrons. The molecule has 0 aromatic heterocycles. The third kappa shape index (κ3) is 6.34. The van der Waals surface area contributed by atoms with Gasteiger partial charge in [-0.25, -0.2) is 0 Å². The lowest BCUT2D eigenvalue weighted by atomic mass is 9.92. The van der Waals surface area contributed by atoms with Gasteiger partial charge in [0, 0.05) is 29.9 Å². The molecule has 5 heteroatoms. The molecule has 2 fully saturated rings. The van der Waals surface area contributed by atoms with Crippen molar-refractivity contribution in [3.63, 3.8) is 0 Å². The molecule has 1 saturated heterocycles. The van der Waals surface area contributed by atoms with E-state index in [-0.39, 0.29) is 11.8 Å². The predicted molar refractivity (Wildman–Crippen MR) is 152 cm³/mol. The van der Waals surface area contributed by atoms with Crippen molar-refractivity contribution in [1.29, 1.82) is 0 Å². The summed E-state index contributed by atoms with van der Waals surface area (Å²) in [6.45, 7) is 3.35. The van der Waals surface area contributed by atoms with Gasteiger partial charge < -0.3 is 10.2 Å². The third-order valence-electron chi connectivity index (χ3n) is 7.27. The Morgan fingerprint density at radius 1 is 0.973 bits per heavy atom. The lowest BCUT2D eigenvalue weighted by molar-refractivity contribution is -0.130. The van der Waals surface area contributed by atoms with Gasteiger partial charge in [0.25, 0.3) is 11.8 Å². The molecule has 37 heavy (non-hydrogen) atoms. The van der Waals surface area contributed by atoms with Gasteiger partial charge in [-0.05, 0) is 61.1 Å². The molecule has 1 aliphatic carbocycles. The molecule has 5 rings (SSSR count). The van der Waals surface area contributed by atoms with Gasteiger partial charge in [-0.1, -0.05) is 85.1 Å². The van der Waals surface area contributed by atoms with E-state index in [0.29, 0.717) is 29.9 Å². The number of nitrogens with zero attached hydrogens (tertiary/aromatic N) is 1. The van der Waals surface area contributed by atoms with Crippen LogP contribution in [-0.4, -0.2) is 34.6 Å². The van der Waals surface area contributed by atoms with Crippen molar-refractivity contribution in [2.24, 2.45) is 0 Å². The number of carbonyl (C=O) groups is 2. The number of hydrogen-bond donors (Lipinski definition) is 1. The van der Waals surface area contributed by atoms with E-state index in [1.165, 1.54) is 29.5 Å². The number of hydrogen-bond acceptors (Lipinski definition) is 3. The Kier molecular flexibility index (Phi) is 8.10. The summed E-state index contributed by atoms with van der Waals surface area (Å²) in [6, 6.07) is 26.5. The van der Waals surface area contributed by atoms with Crippen LogP contribution in [0.4, 0.5) is 0 Å². The first-order valence-electron chi connectivity index (χ1n) is 13.2. The van der Waals surface area contributed by atoms with E-state index >= 15 is 0 Å². The zero-order chi connectivity index (χ0) is 25.6. The molecular weight excluding hydrogens is 476 g/mol. The standard InChI is InChI=1S/C32H34N2O2S/c1-23-8-7-11-26(20-23)22-34-28-12-5-6-13-29(28)37-30(32(34)36)21-25-14-16-27(17-15-25)31(35)33-19-18-24-9-3-2-4-10-24/h2-4,7-11,14-17,20-21,28-29H,5-6,12-13,18-19,22H2,1H3,(H,33,35)/b30-21+. The maximum absolute atomic E-state index is 13.7. The van der Waals surface area contributed by atoms with E-state index in [0.717, 1.165) is 29.7 Å². The van der Waals surface area contributed by atoms with Gasteiger partial charge in [-0.3, -0.25) is 9.59 Å². The summed E-state index contributed by atoms with van der Waals surface area (Å²) in [5.74, 6) is 0.0463. The van der Waals surface area contributed by atoms with Crippen molar-refractivity contribution >= 4 is 29.7 Å². The molecular formula is C32H34N2O2S. The zero-order valence-corrected chi connectivity index (χ0v) is 22.2. The zero-order valence-electron chi connectivity index (χ0n) is 21.4. The average Bonchev–Trinajstić information content (AvgIpc) is 2.92. The number of benzene rings is 3. The maximum atomic E-state index is 13.7. The molecule has 1 aliphatic heterocycles. The van der Waals surface area contributed by atoms with Crippen molar-refractivity contribution < 1.29 is 9.59 Å². The summed E-state index contributed by atoms with van der Waals surface area (Å²) in [7, 11) is 0. The van der Waals surface area contributed by atoms with E-state index in [4.69, 9.17) is 0 Å². The first-order valence-corrected chi connectivity index (χ1v) is 14.1. The van der Waals surface area contributed by atoms with Gasteiger partial charge in [0.15, 0.2) is 0 Å². The number of nitrogens with one attached hydrogen (secondary N) is 1.